The van der Waals surface area contributed by atoms with Crippen molar-refractivity contribution in [1.82, 2.24) is 39.3 Å². The lowest BCUT2D eigenvalue weighted by atomic mass is 10.1. The fourth-order valence-electron chi connectivity index (χ4n) is 3.61. The SMILES string of the molecule is CCCn1c(=O)n(CCCn2nnc(Cc3cccc(C(F)(F)F)c3)n2)c(=O)c2[nH]c(Cl)nc21. The lowest BCUT2D eigenvalue weighted by Gasteiger charge is -2.10. The second-order valence-electron chi connectivity index (χ2n) is 7.65. The zero-order valence-electron chi connectivity index (χ0n) is 18.0. The average molecular weight is 497 g/mol. The van der Waals surface area contributed by atoms with Crippen LogP contribution in [-0.4, -0.2) is 39.3 Å². The summed E-state index contributed by atoms with van der Waals surface area (Å²) >= 11 is 5.89. The highest BCUT2D eigenvalue weighted by Gasteiger charge is 2.30. The van der Waals surface area contributed by atoms with Crippen molar-refractivity contribution in [2.75, 3.05) is 0 Å². The number of rotatable bonds is 8. The minimum atomic E-state index is -4.43. The van der Waals surface area contributed by atoms with Crippen LogP contribution in [-0.2, 0) is 32.2 Å². The van der Waals surface area contributed by atoms with Crippen molar-refractivity contribution in [3.63, 3.8) is 0 Å². The van der Waals surface area contributed by atoms with Gasteiger partial charge in [-0.3, -0.25) is 13.9 Å². The van der Waals surface area contributed by atoms with Crippen molar-refractivity contribution in [3.05, 3.63) is 67.3 Å². The van der Waals surface area contributed by atoms with Crippen LogP contribution in [0.5, 0.6) is 0 Å². The molecule has 1 N–H and O–H groups in total. The molecule has 0 saturated carbocycles. The molecular weight excluding hydrogens is 477 g/mol. The number of imidazole rings is 1. The van der Waals surface area contributed by atoms with Crippen LogP contribution < -0.4 is 11.2 Å². The molecule has 0 unspecified atom stereocenters. The summed E-state index contributed by atoms with van der Waals surface area (Å²) in [6.45, 7) is 2.62. The Hall–Kier alpha value is -3.48. The first kappa shape index (κ1) is 23.7. The van der Waals surface area contributed by atoms with Gasteiger partial charge in [0.05, 0.1) is 12.1 Å². The second-order valence-corrected chi connectivity index (χ2v) is 8.01. The van der Waals surface area contributed by atoms with Gasteiger partial charge in [0.2, 0.25) is 5.28 Å². The van der Waals surface area contributed by atoms with E-state index in [1.54, 1.807) is 6.07 Å². The number of H-pyrrole nitrogens is 1. The van der Waals surface area contributed by atoms with Gasteiger partial charge in [0.15, 0.2) is 17.0 Å². The Balaban J connectivity index is 1.46. The van der Waals surface area contributed by atoms with E-state index in [0.29, 0.717) is 24.9 Å². The normalized spacial score (nSPS) is 12.0. The summed E-state index contributed by atoms with van der Waals surface area (Å²) in [6, 6.07) is 4.93. The highest BCUT2D eigenvalue weighted by molar-refractivity contribution is 6.28. The van der Waals surface area contributed by atoms with Crippen molar-refractivity contribution in [1.29, 1.82) is 0 Å². The van der Waals surface area contributed by atoms with Crippen LogP contribution >= 0.6 is 11.6 Å². The molecular formula is C20H20ClF3N8O2. The largest absolute Gasteiger partial charge is 0.416 e. The van der Waals surface area contributed by atoms with Crippen LogP contribution in [0.15, 0.2) is 33.9 Å². The van der Waals surface area contributed by atoms with Gasteiger partial charge in [-0.05, 0) is 41.3 Å². The van der Waals surface area contributed by atoms with Crippen molar-refractivity contribution in [2.45, 2.75) is 52.0 Å². The van der Waals surface area contributed by atoms with E-state index in [-0.39, 0.29) is 41.8 Å². The molecule has 0 radical (unpaired) electrons. The smallest absolute Gasteiger partial charge is 0.323 e. The maximum absolute atomic E-state index is 12.9. The van der Waals surface area contributed by atoms with Crippen LogP contribution in [0.3, 0.4) is 0 Å². The molecule has 3 heterocycles. The molecule has 0 aliphatic heterocycles. The quantitative estimate of drug-likeness (QED) is 0.375. The number of halogens is 4. The van der Waals surface area contributed by atoms with Crippen molar-refractivity contribution in [2.24, 2.45) is 0 Å². The van der Waals surface area contributed by atoms with Crippen molar-refractivity contribution in [3.8, 4) is 0 Å². The molecule has 0 saturated heterocycles. The third kappa shape index (κ3) is 4.88. The van der Waals surface area contributed by atoms with Gasteiger partial charge < -0.3 is 4.98 Å². The molecule has 0 aliphatic rings. The summed E-state index contributed by atoms with van der Waals surface area (Å²) in [7, 11) is 0. The number of hydrogen-bond acceptors (Lipinski definition) is 6. The predicted octanol–water partition coefficient (Wildman–Crippen LogP) is 2.64. The first-order chi connectivity index (χ1) is 16.2. The summed E-state index contributed by atoms with van der Waals surface area (Å²) in [5, 5.41) is 12.0. The number of aromatic amines is 1. The Morgan fingerprint density at radius 1 is 1.12 bits per heavy atom. The molecule has 0 fully saturated rings. The number of alkyl halides is 3. The van der Waals surface area contributed by atoms with Gasteiger partial charge in [-0.1, -0.05) is 25.1 Å². The van der Waals surface area contributed by atoms with E-state index in [4.69, 9.17) is 11.6 Å². The first-order valence-corrected chi connectivity index (χ1v) is 10.9. The molecule has 0 atom stereocenters. The number of tetrazole rings is 1. The Labute approximate surface area is 195 Å². The van der Waals surface area contributed by atoms with Gasteiger partial charge in [-0.15, -0.1) is 10.2 Å². The Kier molecular flexibility index (Phi) is 6.55. The van der Waals surface area contributed by atoms with Gasteiger partial charge >= 0.3 is 11.9 Å². The molecule has 14 heteroatoms. The molecule has 4 aromatic rings. The van der Waals surface area contributed by atoms with E-state index in [0.717, 1.165) is 16.7 Å². The maximum Gasteiger partial charge on any atom is 0.416 e. The third-order valence-electron chi connectivity index (χ3n) is 5.13. The molecule has 4 rings (SSSR count). The molecule has 1 aromatic carbocycles. The predicted molar refractivity (Wildman–Crippen MR) is 117 cm³/mol. The second kappa shape index (κ2) is 9.41. The standard InChI is InChI=1S/C20H20ClF3N8O2/c1-2-7-30-16-15(25-18(21)26-16)17(33)31(19(30)34)8-4-9-32-28-14(27-29-32)11-12-5-3-6-13(10-12)20(22,23)24/h3,5-6,10H,2,4,7-9,11H2,1H3,(H,25,26). The van der Waals surface area contributed by atoms with Gasteiger partial charge in [0.1, 0.15) is 0 Å². The Bertz CT molecular complexity index is 1440. The Morgan fingerprint density at radius 2 is 1.91 bits per heavy atom. The molecule has 0 bridgehead atoms. The lowest BCUT2D eigenvalue weighted by molar-refractivity contribution is -0.137. The fourth-order valence-corrected chi connectivity index (χ4v) is 3.79. The van der Waals surface area contributed by atoms with Gasteiger partial charge in [-0.25, -0.2) is 4.79 Å². The number of fused-ring (bicyclic) bond motifs is 1. The number of aryl methyl sites for hydroxylation is 2. The monoisotopic (exact) mass is 496 g/mol. The van der Waals surface area contributed by atoms with E-state index >= 15 is 0 Å². The molecule has 3 aromatic heterocycles. The molecule has 0 amide bonds. The van der Waals surface area contributed by atoms with Crippen LogP contribution in [0, 0.1) is 0 Å². The minimum Gasteiger partial charge on any atom is -0.323 e. The van der Waals surface area contributed by atoms with Crippen molar-refractivity contribution >= 4 is 22.8 Å². The molecule has 0 spiro atoms. The molecule has 0 aliphatic carbocycles. The number of hydrogen-bond donors (Lipinski definition) is 1. The first-order valence-electron chi connectivity index (χ1n) is 10.5. The van der Waals surface area contributed by atoms with E-state index in [2.05, 4.69) is 25.4 Å². The lowest BCUT2D eigenvalue weighted by Crippen LogP contribution is -2.40. The number of nitrogens with zero attached hydrogens (tertiary/aromatic N) is 7. The summed E-state index contributed by atoms with van der Waals surface area (Å²) < 4.78 is 41.2. The van der Waals surface area contributed by atoms with E-state index in [1.807, 2.05) is 6.92 Å². The van der Waals surface area contributed by atoms with Crippen LogP contribution in [0.1, 0.15) is 36.7 Å². The van der Waals surface area contributed by atoms with Crippen LogP contribution in [0.4, 0.5) is 13.2 Å². The van der Waals surface area contributed by atoms with Crippen LogP contribution in [0.2, 0.25) is 5.28 Å². The number of nitrogens with one attached hydrogen (secondary N) is 1. The highest BCUT2D eigenvalue weighted by Crippen LogP contribution is 2.29. The number of benzene rings is 1. The zero-order valence-corrected chi connectivity index (χ0v) is 18.8. The summed E-state index contributed by atoms with van der Waals surface area (Å²) in [5.41, 5.74) is -0.977. The third-order valence-corrected chi connectivity index (χ3v) is 5.31. The average Bonchev–Trinajstić information content (AvgIpc) is 3.39. The molecule has 180 valence electrons. The van der Waals surface area contributed by atoms with E-state index in [1.165, 1.54) is 15.4 Å². The molecule has 10 nitrogen and oxygen atoms in total. The zero-order chi connectivity index (χ0) is 24.5. The number of aromatic nitrogens is 8. The fraction of sp³-hybridized carbons (Fsp3) is 0.400. The van der Waals surface area contributed by atoms with E-state index in [9.17, 15) is 22.8 Å². The summed E-state index contributed by atoms with van der Waals surface area (Å²) in [6.07, 6.45) is -3.34. The topological polar surface area (TPSA) is 116 Å². The minimum absolute atomic E-state index is 0.0224. The summed E-state index contributed by atoms with van der Waals surface area (Å²) in [4.78, 5) is 33.6. The van der Waals surface area contributed by atoms with Gasteiger partial charge in [-0.2, -0.15) is 23.0 Å². The molecule has 34 heavy (non-hydrogen) atoms. The highest BCUT2D eigenvalue weighted by atomic mass is 35.5. The Morgan fingerprint density at radius 3 is 2.65 bits per heavy atom. The van der Waals surface area contributed by atoms with Gasteiger partial charge in [0, 0.05) is 19.5 Å². The summed E-state index contributed by atoms with van der Waals surface area (Å²) in [5.74, 6) is 0.260. The van der Waals surface area contributed by atoms with Crippen molar-refractivity contribution < 1.29 is 13.2 Å². The van der Waals surface area contributed by atoms with Crippen LogP contribution in [0.25, 0.3) is 11.2 Å². The maximum atomic E-state index is 12.9. The van der Waals surface area contributed by atoms with E-state index < -0.39 is 23.0 Å². The van der Waals surface area contributed by atoms with Gasteiger partial charge in [0.25, 0.3) is 5.56 Å².